The van der Waals surface area contributed by atoms with Crippen molar-refractivity contribution in [3.8, 4) is 0 Å². The lowest BCUT2D eigenvalue weighted by Crippen LogP contribution is -2.15. The van der Waals surface area contributed by atoms with Gasteiger partial charge >= 0.3 is 0 Å². The quantitative estimate of drug-likeness (QED) is 0.309. The van der Waals surface area contributed by atoms with Crippen LogP contribution < -0.4 is 4.72 Å². The first-order valence-corrected chi connectivity index (χ1v) is 10.7. The van der Waals surface area contributed by atoms with E-state index in [1.165, 1.54) is 18.2 Å². The molecule has 0 bridgehead atoms. The summed E-state index contributed by atoms with van der Waals surface area (Å²) in [5, 5.41) is 3.79. The van der Waals surface area contributed by atoms with Gasteiger partial charge in [-0.3, -0.25) is 9.40 Å². The molecule has 1 heterocycles. The van der Waals surface area contributed by atoms with Crippen LogP contribution >= 0.6 is 0 Å². The minimum absolute atomic E-state index is 0.0196. The zero-order chi connectivity index (χ0) is 22.9. The summed E-state index contributed by atoms with van der Waals surface area (Å²) < 4.78 is 95.6. The van der Waals surface area contributed by atoms with Gasteiger partial charge in [0.2, 0.25) is 5.82 Å². The van der Waals surface area contributed by atoms with Crippen LogP contribution in [-0.4, -0.2) is 18.2 Å². The molecule has 1 unspecified atom stereocenters. The number of benzene rings is 2. The van der Waals surface area contributed by atoms with Crippen molar-refractivity contribution in [2.24, 2.45) is 0 Å². The molecule has 11 heteroatoms. The molecule has 0 saturated carbocycles. The summed E-state index contributed by atoms with van der Waals surface area (Å²) in [5.41, 5.74) is -0.108. The highest BCUT2D eigenvalue weighted by Gasteiger charge is 2.26. The maximum absolute atomic E-state index is 13.8. The Kier molecular flexibility index (Phi) is 6.35. The summed E-state index contributed by atoms with van der Waals surface area (Å²) in [7, 11) is -4.00. The van der Waals surface area contributed by atoms with E-state index in [2.05, 4.69) is 9.82 Å². The van der Waals surface area contributed by atoms with Crippen LogP contribution in [-0.2, 0) is 16.6 Å². The number of aromatic nitrogens is 2. The molecule has 0 aliphatic carbocycles. The van der Waals surface area contributed by atoms with Gasteiger partial charge in [0.15, 0.2) is 29.1 Å². The zero-order valence-electron chi connectivity index (χ0n) is 16.5. The van der Waals surface area contributed by atoms with Crippen molar-refractivity contribution in [3.05, 3.63) is 76.7 Å². The van der Waals surface area contributed by atoms with Crippen LogP contribution in [0.25, 0.3) is 0 Å². The smallest absolute Gasteiger partial charge is 0.263 e. The molecule has 1 atom stereocenters. The van der Waals surface area contributed by atoms with Gasteiger partial charge in [0.05, 0.1) is 17.0 Å². The number of hydrogen-bond donors (Lipinski definition) is 1. The van der Waals surface area contributed by atoms with Gasteiger partial charge in [-0.1, -0.05) is 26.0 Å². The van der Waals surface area contributed by atoms with Crippen LogP contribution in [0.3, 0.4) is 0 Å². The average molecular weight is 459 g/mol. The van der Waals surface area contributed by atoms with Crippen molar-refractivity contribution in [2.75, 3.05) is 4.72 Å². The molecule has 1 N–H and O–H groups in total. The van der Waals surface area contributed by atoms with Crippen molar-refractivity contribution < 1.29 is 30.4 Å². The average Bonchev–Trinajstić information content (AvgIpc) is 3.19. The number of nitrogens with zero attached hydrogens (tertiary/aromatic N) is 2. The van der Waals surface area contributed by atoms with Crippen LogP contribution in [0, 0.1) is 29.1 Å². The number of anilines is 1. The largest absolute Gasteiger partial charge is 0.266 e. The topological polar surface area (TPSA) is 64.0 Å². The van der Waals surface area contributed by atoms with E-state index in [0.717, 1.165) is 22.9 Å². The fourth-order valence-electron chi connectivity index (χ4n) is 2.86. The van der Waals surface area contributed by atoms with Crippen LogP contribution in [0.2, 0.25) is 0 Å². The Morgan fingerprint density at radius 3 is 2.03 bits per heavy atom. The summed E-state index contributed by atoms with van der Waals surface area (Å²) in [4.78, 5) is -0.0196. The molecule has 0 amide bonds. The predicted molar refractivity (Wildman–Crippen MR) is 104 cm³/mol. The third-order valence-electron chi connectivity index (χ3n) is 4.87. The van der Waals surface area contributed by atoms with Gasteiger partial charge in [0, 0.05) is 12.3 Å². The molecule has 0 fully saturated rings. The molecular weight excluding hydrogens is 441 g/mol. The highest BCUT2D eigenvalue weighted by atomic mass is 32.2. The van der Waals surface area contributed by atoms with Crippen LogP contribution in [0.1, 0.15) is 37.3 Å². The minimum atomic E-state index is -4.00. The van der Waals surface area contributed by atoms with Crippen molar-refractivity contribution >= 4 is 15.8 Å². The van der Waals surface area contributed by atoms with Crippen molar-refractivity contribution in [1.82, 2.24) is 9.78 Å². The summed E-state index contributed by atoms with van der Waals surface area (Å²) in [6, 6.07) is 7.47. The molecule has 0 aliphatic rings. The van der Waals surface area contributed by atoms with Crippen LogP contribution in [0.4, 0.5) is 27.8 Å². The Hall–Kier alpha value is -2.95. The summed E-state index contributed by atoms with van der Waals surface area (Å²) in [6.45, 7) is 3.23. The first kappa shape index (κ1) is 22.7. The minimum Gasteiger partial charge on any atom is -0.266 e. The lowest BCUT2D eigenvalue weighted by atomic mass is 9.99. The second-order valence-corrected chi connectivity index (χ2v) is 8.61. The predicted octanol–water partition coefficient (Wildman–Crippen LogP) is 4.94. The maximum atomic E-state index is 13.8. The molecule has 0 aliphatic heterocycles. The molecule has 1 aromatic heterocycles. The first-order valence-electron chi connectivity index (χ1n) is 9.21. The summed E-state index contributed by atoms with van der Waals surface area (Å²) in [6.07, 6.45) is 2.03. The second kappa shape index (κ2) is 8.66. The van der Waals surface area contributed by atoms with Gasteiger partial charge in [0.25, 0.3) is 10.0 Å². The molecule has 2 aromatic carbocycles. The van der Waals surface area contributed by atoms with E-state index in [-0.39, 0.29) is 16.6 Å². The standard InChI is InChI=1S/C20H18F5N3O2S/c1-3-11(2)12-4-6-13(7-5-12)31(29,30)27-15-8-9-28(26-15)10-14-16(21)18(23)20(25)19(24)17(14)22/h4-9,11H,3,10H2,1-2H3,(H,26,27). The van der Waals surface area contributed by atoms with Crippen molar-refractivity contribution in [3.63, 3.8) is 0 Å². The lowest BCUT2D eigenvalue weighted by Gasteiger charge is -2.10. The molecular formula is C20H18F5N3O2S. The molecule has 166 valence electrons. The Labute approximate surface area is 175 Å². The highest BCUT2D eigenvalue weighted by Crippen LogP contribution is 2.25. The highest BCUT2D eigenvalue weighted by molar-refractivity contribution is 7.92. The Morgan fingerprint density at radius 2 is 1.48 bits per heavy atom. The first-order chi connectivity index (χ1) is 14.5. The number of hydrogen-bond acceptors (Lipinski definition) is 3. The Bertz CT molecular complexity index is 1180. The molecule has 0 radical (unpaired) electrons. The number of sulfonamides is 1. The monoisotopic (exact) mass is 459 g/mol. The third-order valence-corrected chi connectivity index (χ3v) is 6.24. The fourth-order valence-corrected chi connectivity index (χ4v) is 3.86. The van der Waals surface area contributed by atoms with Crippen molar-refractivity contribution in [2.45, 2.75) is 37.6 Å². The van der Waals surface area contributed by atoms with E-state index in [1.807, 2.05) is 13.8 Å². The van der Waals surface area contributed by atoms with Crippen molar-refractivity contribution in [1.29, 1.82) is 0 Å². The van der Waals surface area contributed by atoms with Gasteiger partial charge in [-0.15, -0.1) is 0 Å². The fraction of sp³-hybridized carbons (Fsp3) is 0.250. The van der Waals surface area contributed by atoms with E-state index in [9.17, 15) is 30.4 Å². The summed E-state index contributed by atoms with van der Waals surface area (Å²) >= 11 is 0. The number of nitrogens with one attached hydrogen (secondary N) is 1. The lowest BCUT2D eigenvalue weighted by molar-refractivity contribution is 0.367. The second-order valence-electron chi connectivity index (χ2n) is 6.93. The van der Waals surface area contributed by atoms with Gasteiger partial charge in [-0.2, -0.15) is 5.10 Å². The third kappa shape index (κ3) is 4.55. The molecule has 3 aromatic rings. The number of halogens is 5. The van der Waals surface area contributed by atoms with E-state index in [4.69, 9.17) is 0 Å². The molecule has 0 saturated heterocycles. The van der Waals surface area contributed by atoms with E-state index in [0.29, 0.717) is 0 Å². The van der Waals surface area contributed by atoms with Gasteiger partial charge in [-0.05, 0) is 30.0 Å². The van der Waals surface area contributed by atoms with E-state index >= 15 is 0 Å². The van der Waals surface area contributed by atoms with E-state index in [1.54, 1.807) is 12.1 Å². The van der Waals surface area contributed by atoms with E-state index < -0.39 is 51.2 Å². The van der Waals surface area contributed by atoms with Gasteiger partial charge < -0.3 is 0 Å². The Morgan fingerprint density at radius 1 is 0.935 bits per heavy atom. The summed E-state index contributed by atoms with van der Waals surface area (Å²) in [5.74, 6) is -10.3. The van der Waals surface area contributed by atoms with Gasteiger partial charge in [0.1, 0.15) is 0 Å². The van der Waals surface area contributed by atoms with Crippen LogP contribution in [0.15, 0.2) is 41.4 Å². The maximum Gasteiger partial charge on any atom is 0.263 e. The molecule has 31 heavy (non-hydrogen) atoms. The van der Waals surface area contributed by atoms with Crippen LogP contribution in [0.5, 0.6) is 0 Å². The Balaban J connectivity index is 1.80. The SMILES string of the molecule is CCC(C)c1ccc(S(=O)(=O)Nc2ccn(Cc3c(F)c(F)c(F)c(F)c3F)n2)cc1. The normalized spacial score (nSPS) is 12.7. The molecule has 5 nitrogen and oxygen atoms in total. The zero-order valence-corrected chi connectivity index (χ0v) is 17.3. The molecule has 0 spiro atoms. The molecule has 3 rings (SSSR count). The van der Waals surface area contributed by atoms with Gasteiger partial charge in [-0.25, -0.2) is 30.4 Å². The number of rotatable bonds is 7.